The van der Waals surface area contributed by atoms with E-state index in [-0.39, 0.29) is 30.5 Å². The first-order valence-electron chi connectivity index (χ1n) is 8.53. The van der Waals surface area contributed by atoms with Gasteiger partial charge >= 0.3 is 0 Å². The van der Waals surface area contributed by atoms with Gasteiger partial charge in [-0.05, 0) is 42.3 Å². The zero-order valence-electron chi connectivity index (χ0n) is 14.6. The van der Waals surface area contributed by atoms with Gasteiger partial charge in [-0.25, -0.2) is 0 Å². The van der Waals surface area contributed by atoms with E-state index in [1.807, 2.05) is 25.1 Å². The SMILES string of the molecule is CCc1cc(Br)ccc1NC(=O)[C@H]1CC(=O)N(c2ccc([N+](=O)[O-])cc2)C1. The number of anilines is 2. The van der Waals surface area contributed by atoms with Gasteiger partial charge in [-0.1, -0.05) is 22.9 Å². The molecule has 8 heteroatoms. The molecule has 1 aliphatic heterocycles. The normalized spacial score (nSPS) is 16.4. The van der Waals surface area contributed by atoms with Crippen molar-refractivity contribution >= 4 is 44.8 Å². The average molecular weight is 432 g/mol. The summed E-state index contributed by atoms with van der Waals surface area (Å²) < 4.78 is 0.942. The number of carbonyl (C=O) groups excluding carboxylic acids is 2. The monoisotopic (exact) mass is 431 g/mol. The molecule has 1 heterocycles. The summed E-state index contributed by atoms with van der Waals surface area (Å²) in [4.78, 5) is 36.7. The number of nitrogens with one attached hydrogen (secondary N) is 1. The summed E-state index contributed by atoms with van der Waals surface area (Å²) >= 11 is 3.42. The second-order valence-corrected chi connectivity index (χ2v) is 7.24. The molecule has 140 valence electrons. The number of benzene rings is 2. The quantitative estimate of drug-likeness (QED) is 0.573. The van der Waals surface area contributed by atoms with E-state index in [1.165, 1.54) is 29.2 Å². The van der Waals surface area contributed by atoms with Gasteiger partial charge in [0.05, 0.1) is 10.8 Å². The molecule has 0 spiro atoms. The summed E-state index contributed by atoms with van der Waals surface area (Å²) in [7, 11) is 0. The maximum atomic E-state index is 12.6. The van der Waals surface area contributed by atoms with Crippen LogP contribution in [0.3, 0.4) is 0 Å². The Balaban J connectivity index is 1.71. The first kappa shape index (κ1) is 19.0. The number of rotatable bonds is 5. The Morgan fingerprint density at radius 2 is 2.00 bits per heavy atom. The fourth-order valence-electron chi connectivity index (χ4n) is 3.10. The summed E-state index contributed by atoms with van der Waals surface area (Å²) in [6, 6.07) is 11.4. The van der Waals surface area contributed by atoms with Crippen molar-refractivity contribution in [2.24, 2.45) is 5.92 Å². The summed E-state index contributed by atoms with van der Waals surface area (Å²) in [6.07, 6.45) is 0.883. The highest BCUT2D eigenvalue weighted by atomic mass is 79.9. The van der Waals surface area contributed by atoms with Crippen LogP contribution < -0.4 is 10.2 Å². The van der Waals surface area contributed by atoms with Crippen LogP contribution >= 0.6 is 15.9 Å². The molecule has 0 radical (unpaired) electrons. The maximum absolute atomic E-state index is 12.6. The summed E-state index contributed by atoms with van der Waals surface area (Å²) in [5.41, 5.74) is 2.27. The molecule has 7 nitrogen and oxygen atoms in total. The molecular weight excluding hydrogens is 414 g/mol. The number of amides is 2. The van der Waals surface area contributed by atoms with E-state index >= 15 is 0 Å². The number of non-ortho nitro benzene ring substituents is 1. The van der Waals surface area contributed by atoms with Crippen molar-refractivity contribution in [1.29, 1.82) is 0 Å². The Hall–Kier alpha value is -2.74. The van der Waals surface area contributed by atoms with Crippen LogP contribution in [0.5, 0.6) is 0 Å². The molecule has 0 unspecified atom stereocenters. The molecule has 1 saturated heterocycles. The van der Waals surface area contributed by atoms with Crippen LogP contribution in [0.25, 0.3) is 0 Å². The van der Waals surface area contributed by atoms with E-state index in [9.17, 15) is 19.7 Å². The molecule has 1 fully saturated rings. The minimum Gasteiger partial charge on any atom is -0.326 e. The Labute approximate surface area is 164 Å². The third-order valence-electron chi connectivity index (χ3n) is 4.57. The molecule has 1 aliphatic rings. The molecule has 2 aromatic carbocycles. The van der Waals surface area contributed by atoms with Crippen molar-refractivity contribution in [3.63, 3.8) is 0 Å². The smallest absolute Gasteiger partial charge is 0.269 e. The van der Waals surface area contributed by atoms with Crippen molar-refractivity contribution < 1.29 is 14.5 Å². The topological polar surface area (TPSA) is 92.6 Å². The van der Waals surface area contributed by atoms with Gasteiger partial charge in [0, 0.05) is 40.9 Å². The second-order valence-electron chi connectivity index (χ2n) is 6.32. The number of hydrogen-bond donors (Lipinski definition) is 1. The molecule has 2 aromatic rings. The molecular formula is C19H18BrN3O4. The summed E-state index contributed by atoms with van der Waals surface area (Å²) in [5, 5.41) is 13.7. The van der Waals surface area contributed by atoms with Crippen molar-refractivity contribution in [2.75, 3.05) is 16.8 Å². The van der Waals surface area contributed by atoms with Gasteiger partial charge in [0.15, 0.2) is 0 Å². The van der Waals surface area contributed by atoms with Crippen LogP contribution in [0, 0.1) is 16.0 Å². The number of hydrogen-bond acceptors (Lipinski definition) is 4. The molecule has 27 heavy (non-hydrogen) atoms. The summed E-state index contributed by atoms with van der Waals surface area (Å²) in [6.45, 7) is 2.26. The number of aryl methyl sites for hydroxylation is 1. The predicted molar refractivity (Wildman–Crippen MR) is 106 cm³/mol. The highest BCUT2D eigenvalue weighted by molar-refractivity contribution is 9.10. The van der Waals surface area contributed by atoms with Crippen LogP contribution in [-0.2, 0) is 16.0 Å². The first-order valence-corrected chi connectivity index (χ1v) is 9.32. The van der Waals surface area contributed by atoms with Crippen LogP contribution in [0.15, 0.2) is 46.9 Å². The van der Waals surface area contributed by atoms with E-state index in [4.69, 9.17) is 0 Å². The van der Waals surface area contributed by atoms with Gasteiger partial charge < -0.3 is 10.2 Å². The number of nitro benzene ring substituents is 1. The van der Waals surface area contributed by atoms with Crippen LogP contribution in [0.2, 0.25) is 0 Å². The number of nitrogens with zero attached hydrogens (tertiary/aromatic N) is 2. The number of halogens is 1. The Bertz CT molecular complexity index is 898. The van der Waals surface area contributed by atoms with Crippen molar-refractivity contribution in [3.8, 4) is 0 Å². The lowest BCUT2D eigenvalue weighted by Gasteiger charge is -2.17. The molecule has 3 rings (SSSR count). The zero-order valence-corrected chi connectivity index (χ0v) is 16.2. The Morgan fingerprint density at radius 1 is 1.30 bits per heavy atom. The van der Waals surface area contributed by atoms with E-state index in [0.717, 1.165) is 22.1 Å². The van der Waals surface area contributed by atoms with Crippen molar-refractivity contribution in [2.45, 2.75) is 19.8 Å². The maximum Gasteiger partial charge on any atom is 0.269 e. The fourth-order valence-corrected chi connectivity index (χ4v) is 3.51. The van der Waals surface area contributed by atoms with Crippen LogP contribution in [0.4, 0.5) is 17.1 Å². The second kappa shape index (κ2) is 7.87. The van der Waals surface area contributed by atoms with Gasteiger partial charge in [0.25, 0.3) is 5.69 Å². The van der Waals surface area contributed by atoms with Crippen LogP contribution in [-0.4, -0.2) is 23.3 Å². The van der Waals surface area contributed by atoms with Gasteiger partial charge in [-0.2, -0.15) is 0 Å². The van der Waals surface area contributed by atoms with Gasteiger partial charge in [-0.3, -0.25) is 19.7 Å². The molecule has 2 amide bonds. The highest BCUT2D eigenvalue weighted by Crippen LogP contribution is 2.28. The molecule has 0 bridgehead atoms. The minimum atomic E-state index is -0.491. The standard InChI is InChI=1S/C19H18BrN3O4/c1-2-12-9-14(20)3-8-17(12)21-19(25)13-10-18(24)22(11-13)15-4-6-16(7-5-15)23(26)27/h3-9,13H,2,10-11H2,1H3,(H,21,25)/t13-/m0/s1. The largest absolute Gasteiger partial charge is 0.326 e. The van der Waals surface area contributed by atoms with E-state index in [0.29, 0.717) is 5.69 Å². The lowest BCUT2D eigenvalue weighted by atomic mass is 10.1. The average Bonchev–Trinajstić information content (AvgIpc) is 3.05. The third-order valence-corrected chi connectivity index (χ3v) is 5.07. The van der Waals surface area contributed by atoms with Gasteiger partial charge in [0.2, 0.25) is 11.8 Å². The first-order chi connectivity index (χ1) is 12.9. The van der Waals surface area contributed by atoms with Crippen LogP contribution in [0.1, 0.15) is 18.9 Å². The third kappa shape index (κ3) is 4.16. The van der Waals surface area contributed by atoms with Crippen molar-refractivity contribution in [1.82, 2.24) is 0 Å². The molecule has 1 N–H and O–H groups in total. The summed E-state index contributed by atoms with van der Waals surface area (Å²) in [5.74, 6) is -0.846. The van der Waals surface area contributed by atoms with E-state index in [1.54, 1.807) is 0 Å². The molecule has 1 atom stereocenters. The number of carbonyl (C=O) groups is 2. The van der Waals surface area contributed by atoms with E-state index in [2.05, 4.69) is 21.2 Å². The van der Waals surface area contributed by atoms with E-state index < -0.39 is 10.8 Å². The van der Waals surface area contributed by atoms with Crippen molar-refractivity contribution in [3.05, 3.63) is 62.6 Å². The fraction of sp³-hybridized carbons (Fsp3) is 0.263. The Kier molecular flexibility index (Phi) is 5.55. The molecule has 0 aromatic heterocycles. The predicted octanol–water partition coefficient (Wildman–Crippen LogP) is 3.91. The Morgan fingerprint density at radius 3 is 2.63 bits per heavy atom. The zero-order chi connectivity index (χ0) is 19.6. The molecule has 0 aliphatic carbocycles. The molecule has 0 saturated carbocycles. The number of nitro groups is 1. The lowest BCUT2D eigenvalue weighted by Crippen LogP contribution is -2.28. The van der Waals surface area contributed by atoms with Gasteiger partial charge in [0.1, 0.15) is 0 Å². The lowest BCUT2D eigenvalue weighted by molar-refractivity contribution is -0.384. The minimum absolute atomic E-state index is 0.0398. The van der Waals surface area contributed by atoms with Gasteiger partial charge in [-0.15, -0.1) is 0 Å². The highest BCUT2D eigenvalue weighted by Gasteiger charge is 2.35.